The number of rotatable bonds is 12. The maximum Gasteiger partial charge on any atom is 0.257 e. The maximum absolute atomic E-state index is 12.3. The molecule has 0 aliphatic rings. The van der Waals surface area contributed by atoms with E-state index in [1.165, 1.54) is 0 Å². The van der Waals surface area contributed by atoms with Crippen molar-refractivity contribution in [3.63, 3.8) is 0 Å². The molecule has 1 unspecified atom stereocenters. The molecule has 2 amide bonds. The van der Waals surface area contributed by atoms with E-state index in [0.29, 0.717) is 24.6 Å². The molecule has 1 aromatic carbocycles. The minimum absolute atomic E-state index is 0.0596. The molecule has 6 nitrogen and oxygen atoms in total. The van der Waals surface area contributed by atoms with Crippen molar-refractivity contribution in [1.82, 2.24) is 10.6 Å². The zero-order valence-electron chi connectivity index (χ0n) is 16.4. The second-order valence-corrected chi connectivity index (χ2v) is 6.19. The average Bonchev–Trinajstić information content (AvgIpc) is 2.65. The molecule has 26 heavy (non-hydrogen) atoms. The van der Waals surface area contributed by atoms with Crippen LogP contribution in [0.4, 0.5) is 0 Å². The van der Waals surface area contributed by atoms with E-state index in [0.717, 1.165) is 31.2 Å². The highest BCUT2D eigenvalue weighted by molar-refractivity contribution is 5.78. The summed E-state index contributed by atoms with van der Waals surface area (Å²) in [7, 11) is 1.55. The molecule has 0 aliphatic carbocycles. The van der Waals surface area contributed by atoms with Gasteiger partial charge in [-0.15, -0.1) is 0 Å². The van der Waals surface area contributed by atoms with Gasteiger partial charge in [-0.05, 0) is 37.5 Å². The molecule has 0 saturated carbocycles. The van der Waals surface area contributed by atoms with Gasteiger partial charge in [-0.2, -0.15) is 0 Å². The summed E-state index contributed by atoms with van der Waals surface area (Å²) in [6.45, 7) is 6.97. The molecule has 0 spiro atoms. The molecule has 0 aromatic heterocycles. The minimum Gasteiger partial charge on any atom is -0.493 e. The third kappa shape index (κ3) is 7.33. The predicted octanol–water partition coefficient (Wildman–Crippen LogP) is 3.04. The van der Waals surface area contributed by atoms with Crippen molar-refractivity contribution >= 4 is 11.8 Å². The fourth-order valence-electron chi connectivity index (χ4n) is 2.64. The molecule has 1 atom stereocenters. The molecule has 0 saturated heterocycles. The van der Waals surface area contributed by atoms with Crippen LogP contribution in [-0.4, -0.2) is 32.1 Å². The van der Waals surface area contributed by atoms with Crippen molar-refractivity contribution in [2.75, 3.05) is 20.3 Å². The van der Waals surface area contributed by atoms with E-state index in [-0.39, 0.29) is 24.3 Å². The van der Waals surface area contributed by atoms with Crippen LogP contribution in [0.2, 0.25) is 0 Å². The van der Waals surface area contributed by atoms with Crippen LogP contribution >= 0.6 is 0 Å². The summed E-state index contributed by atoms with van der Waals surface area (Å²) in [5, 5.41) is 5.67. The van der Waals surface area contributed by atoms with Crippen molar-refractivity contribution < 1.29 is 19.1 Å². The van der Waals surface area contributed by atoms with Gasteiger partial charge in [0.2, 0.25) is 5.91 Å². The van der Waals surface area contributed by atoms with Crippen LogP contribution in [0.15, 0.2) is 18.2 Å². The number of amides is 2. The minimum atomic E-state index is -0.177. The Bertz CT molecular complexity index is 575. The Balaban J connectivity index is 2.62. The van der Waals surface area contributed by atoms with Crippen LogP contribution in [-0.2, 0) is 16.1 Å². The molecule has 2 N–H and O–H groups in total. The first kappa shape index (κ1) is 21.8. The fraction of sp³-hybridized carbons (Fsp3) is 0.600. The van der Waals surface area contributed by atoms with Crippen LogP contribution in [0, 0.1) is 5.92 Å². The van der Waals surface area contributed by atoms with E-state index in [1.54, 1.807) is 13.2 Å². The van der Waals surface area contributed by atoms with Gasteiger partial charge < -0.3 is 20.1 Å². The summed E-state index contributed by atoms with van der Waals surface area (Å²) in [6.07, 6.45) is 3.94. The normalized spacial score (nSPS) is 11.5. The van der Waals surface area contributed by atoms with E-state index >= 15 is 0 Å². The highest BCUT2D eigenvalue weighted by Crippen LogP contribution is 2.28. The molecule has 1 rings (SSSR count). The molecular formula is C20H32N2O4. The Morgan fingerprint density at radius 3 is 2.50 bits per heavy atom. The van der Waals surface area contributed by atoms with Crippen molar-refractivity contribution in [1.29, 1.82) is 0 Å². The highest BCUT2D eigenvalue weighted by atomic mass is 16.5. The number of hydrogen-bond donors (Lipinski definition) is 2. The van der Waals surface area contributed by atoms with Crippen molar-refractivity contribution in [2.24, 2.45) is 5.92 Å². The third-order valence-electron chi connectivity index (χ3n) is 4.20. The second-order valence-electron chi connectivity index (χ2n) is 6.19. The van der Waals surface area contributed by atoms with Gasteiger partial charge >= 0.3 is 0 Å². The van der Waals surface area contributed by atoms with Crippen molar-refractivity contribution in [3.05, 3.63) is 23.8 Å². The summed E-state index contributed by atoms with van der Waals surface area (Å²) >= 11 is 0. The van der Waals surface area contributed by atoms with Crippen molar-refractivity contribution in [2.45, 2.75) is 53.0 Å². The number of ether oxygens (including phenoxy) is 2. The zero-order valence-corrected chi connectivity index (χ0v) is 16.4. The number of nitrogens with one attached hydrogen (secondary N) is 2. The van der Waals surface area contributed by atoms with Gasteiger partial charge in [0, 0.05) is 19.0 Å². The number of benzene rings is 1. The lowest BCUT2D eigenvalue weighted by atomic mass is 9.98. The fourth-order valence-corrected chi connectivity index (χ4v) is 2.64. The molecule has 0 radical (unpaired) electrons. The largest absolute Gasteiger partial charge is 0.493 e. The summed E-state index contributed by atoms with van der Waals surface area (Å²) in [4.78, 5) is 23.8. The lowest BCUT2D eigenvalue weighted by Crippen LogP contribution is -2.30. The molecular weight excluding hydrogens is 332 g/mol. The summed E-state index contributed by atoms with van der Waals surface area (Å²) < 4.78 is 10.8. The second kappa shape index (κ2) is 12.2. The number of hydrogen-bond acceptors (Lipinski definition) is 4. The Kier molecular flexibility index (Phi) is 10.2. The average molecular weight is 364 g/mol. The van der Waals surface area contributed by atoms with E-state index in [4.69, 9.17) is 9.47 Å². The van der Waals surface area contributed by atoms with Gasteiger partial charge in [0.15, 0.2) is 18.1 Å². The monoisotopic (exact) mass is 364 g/mol. The molecule has 1 aromatic rings. The van der Waals surface area contributed by atoms with E-state index < -0.39 is 0 Å². The van der Waals surface area contributed by atoms with Gasteiger partial charge in [-0.3, -0.25) is 9.59 Å². The number of carbonyl (C=O) groups is 2. The van der Waals surface area contributed by atoms with Gasteiger partial charge in [0.25, 0.3) is 5.91 Å². The number of likely N-dealkylation sites (N-methyl/N-ethyl adjacent to an activating group) is 1. The number of carbonyl (C=O) groups excluding carboxylic acids is 2. The van der Waals surface area contributed by atoms with E-state index in [2.05, 4.69) is 17.6 Å². The van der Waals surface area contributed by atoms with Crippen LogP contribution < -0.4 is 20.1 Å². The molecule has 0 bridgehead atoms. The Hall–Kier alpha value is -2.24. The SMILES string of the molecule is CCCCC(CC)C(=O)NCc1ccc(OCC(=O)NCC)c(OC)c1. The first-order valence-corrected chi connectivity index (χ1v) is 9.39. The van der Waals surface area contributed by atoms with Gasteiger partial charge in [0.1, 0.15) is 0 Å². The van der Waals surface area contributed by atoms with Crippen LogP contribution in [0.25, 0.3) is 0 Å². The summed E-state index contributed by atoms with van der Waals surface area (Å²) in [5.74, 6) is 1.03. The first-order valence-electron chi connectivity index (χ1n) is 9.39. The maximum atomic E-state index is 12.3. The molecule has 0 heterocycles. The molecule has 0 aliphatic heterocycles. The smallest absolute Gasteiger partial charge is 0.257 e. The van der Waals surface area contributed by atoms with Gasteiger partial charge in [-0.1, -0.05) is 32.8 Å². The van der Waals surface area contributed by atoms with E-state index in [9.17, 15) is 9.59 Å². The van der Waals surface area contributed by atoms with Crippen LogP contribution in [0.3, 0.4) is 0 Å². The van der Waals surface area contributed by atoms with Crippen LogP contribution in [0.5, 0.6) is 11.5 Å². The molecule has 146 valence electrons. The Morgan fingerprint density at radius 1 is 1.12 bits per heavy atom. The van der Waals surface area contributed by atoms with Gasteiger partial charge in [-0.25, -0.2) is 0 Å². The predicted molar refractivity (Wildman–Crippen MR) is 102 cm³/mol. The third-order valence-corrected chi connectivity index (χ3v) is 4.20. The topological polar surface area (TPSA) is 76.7 Å². The highest BCUT2D eigenvalue weighted by Gasteiger charge is 2.15. The standard InChI is InChI=1S/C20H32N2O4/c1-5-8-9-16(6-2)20(24)22-13-15-10-11-17(18(12-15)25-4)26-14-19(23)21-7-3/h10-12,16H,5-9,13-14H2,1-4H3,(H,21,23)(H,22,24). The van der Waals surface area contributed by atoms with Gasteiger partial charge in [0.05, 0.1) is 7.11 Å². The summed E-state index contributed by atoms with van der Waals surface area (Å²) in [5.41, 5.74) is 0.922. The zero-order chi connectivity index (χ0) is 19.4. The number of unbranched alkanes of at least 4 members (excludes halogenated alkanes) is 1. The lowest BCUT2D eigenvalue weighted by Gasteiger charge is -2.15. The van der Waals surface area contributed by atoms with Crippen LogP contribution in [0.1, 0.15) is 52.0 Å². The Morgan fingerprint density at radius 2 is 1.88 bits per heavy atom. The molecule has 6 heteroatoms. The van der Waals surface area contributed by atoms with E-state index in [1.807, 2.05) is 26.0 Å². The quantitative estimate of drug-likeness (QED) is 0.598. The number of methoxy groups -OCH3 is 1. The van der Waals surface area contributed by atoms with Crippen molar-refractivity contribution in [3.8, 4) is 11.5 Å². The lowest BCUT2D eigenvalue weighted by molar-refractivity contribution is -0.125. The summed E-state index contributed by atoms with van der Waals surface area (Å²) in [6, 6.07) is 5.44. The molecule has 0 fully saturated rings. The first-order chi connectivity index (χ1) is 12.5. The Labute approximate surface area is 156 Å².